The Hall–Kier alpha value is -2.84. The smallest absolute Gasteiger partial charge is 0.248 e. The van der Waals surface area contributed by atoms with Gasteiger partial charge in [-0.3, -0.25) is 13.9 Å². The fraction of sp³-hybridized carbons (Fsp3) is 0.115. The molecule has 176 valence electrons. The Kier molecular flexibility index (Phi) is 6.59. The summed E-state index contributed by atoms with van der Waals surface area (Å²) in [4.78, 5) is 32.0. The highest BCUT2D eigenvalue weighted by Crippen LogP contribution is 2.48. The standard InChI is InChI=1S/C26H18Cl2N2O3S2/c27-17-8-10-18(11-9-17)33-23-7-3-6-22(29-23)26(16-12-13-35-15-16)14-21(31)24(25(32)30(26)34)19-4-1-2-5-20(19)28/h1-13,15,24,34H,14H2. The number of Topliss-reactive ketones (excluding diaryl/α,β-unsaturated/α-hetero) is 1. The second-order valence-corrected chi connectivity index (χ2v) is 10.1. The Morgan fingerprint density at radius 2 is 1.77 bits per heavy atom. The lowest BCUT2D eigenvalue weighted by molar-refractivity contribution is -0.142. The van der Waals surface area contributed by atoms with E-state index in [4.69, 9.17) is 32.9 Å². The van der Waals surface area contributed by atoms with Gasteiger partial charge in [0, 0.05) is 22.5 Å². The SMILES string of the molecule is O=C1CC(c2ccsc2)(c2cccc(Oc3ccc(Cl)cc3)n2)N(S)C(=O)C1c1ccccc1Cl. The van der Waals surface area contributed by atoms with Gasteiger partial charge in [-0.15, -0.1) is 0 Å². The van der Waals surface area contributed by atoms with Crippen molar-refractivity contribution in [2.45, 2.75) is 17.9 Å². The van der Waals surface area contributed by atoms with Crippen LogP contribution in [-0.4, -0.2) is 21.0 Å². The van der Waals surface area contributed by atoms with Crippen molar-refractivity contribution >= 4 is 59.0 Å². The highest BCUT2D eigenvalue weighted by molar-refractivity contribution is 7.78. The van der Waals surface area contributed by atoms with Crippen molar-refractivity contribution < 1.29 is 14.3 Å². The minimum Gasteiger partial charge on any atom is -0.439 e. The maximum Gasteiger partial charge on any atom is 0.248 e. The number of aromatic nitrogens is 1. The second-order valence-electron chi connectivity index (χ2n) is 8.04. The lowest BCUT2D eigenvalue weighted by Crippen LogP contribution is -2.54. The molecule has 5 nitrogen and oxygen atoms in total. The van der Waals surface area contributed by atoms with E-state index in [1.54, 1.807) is 66.7 Å². The predicted molar refractivity (Wildman–Crippen MR) is 141 cm³/mol. The molecule has 1 fully saturated rings. The van der Waals surface area contributed by atoms with Gasteiger partial charge in [0.15, 0.2) is 5.78 Å². The third-order valence-electron chi connectivity index (χ3n) is 5.97. The normalized spacial score (nSPS) is 20.2. The van der Waals surface area contributed by atoms with Crippen molar-refractivity contribution in [3.05, 3.63) is 110 Å². The van der Waals surface area contributed by atoms with Crippen LogP contribution in [0.25, 0.3) is 0 Å². The van der Waals surface area contributed by atoms with Crippen molar-refractivity contribution in [1.82, 2.24) is 9.29 Å². The van der Waals surface area contributed by atoms with E-state index in [9.17, 15) is 9.59 Å². The number of ether oxygens (including phenoxy) is 1. The first-order valence-electron chi connectivity index (χ1n) is 10.6. The first-order valence-corrected chi connectivity index (χ1v) is 12.7. The van der Waals surface area contributed by atoms with Crippen molar-refractivity contribution in [3.63, 3.8) is 0 Å². The summed E-state index contributed by atoms with van der Waals surface area (Å²) in [5.41, 5.74) is 0.466. The molecule has 0 radical (unpaired) electrons. The summed E-state index contributed by atoms with van der Waals surface area (Å²) in [6.45, 7) is 0. The van der Waals surface area contributed by atoms with E-state index < -0.39 is 17.4 Å². The number of piperidine rings is 1. The molecule has 0 bridgehead atoms. The maximum absolute atomic E-state index is 13.7. The Morgan fingerprint density at radius 1 is 1.00 bits per heavy atom. The van der Waals surface area contributed by atoms with E-state index >= 15 is 0 Å². The molecule has 0 saturated carbocycles. The number of ketones is 1. The van der Waals surface area contributed by atoms with Crippen LogP contribution in [0.4, 0.5) is 0 Å². The number of hydrogen-bond donors (Lipinski definition) is 1. The van der Waals surface area contributed by atoms with E-state index in [0.29, 0.717) is 32.9 Å². The number of rotatable bonds is 5. The van der Waals surface area contributed by atoms with Crippen LogP contribution >= 0.6 is 47.4 Å². The van der Waals surface area contributed by atoms with Gasteiger partial charge in [0.05, 0.1) is 5.69 Å². The molecule has 2 atom stereocenters. The summed E-state index contributed by atoms with van der Waals surface area (Å²) < 4.78 is 7.24. The fourth-order valence-corrected chi connectivity index (χ4v) is 5.79. The van der Waals surface area contributed by atoms with E-state index in [2.05, 4.69) is 12.8 Å². The minimum absolute atomic E-state index is 0.0216. The minimum atomic E-state index is -1.21. The molecule has 4 aromatic rings. The highest BCUT2D eigenvalue weighted by atomic mass is 35.5. The summed E-state index contributed by atoms with van der Waals surface area (Å²) >= 11 is 18.4. The van der Waals surface area contributed by atoms with Crippen LogP contribution in [-0.2, 0) is 15.1 Å². The molecular formula is C26H18Cl2N2O3S2. The van der Waals surface area contributed by atoms with Crippen LogP contribution in [0.5, 0.6) is 11.6 Å². The lowest BCUT2D eigenvalue weighted by atomic mass is 9.75. The van der Waals surface area contributed by atoms with Gasteiger partial charge in [0.1, 0.15) is 17.2 Å². The molecule has 0 spiro atoms. The van der Waals surface area contributed by atoms with Crippen molar-refractivity contribution in [3.8, 4) is 11.6 Å². The maximum atomic E-state index is 13.7. The molecule has 2 unspecified atom stereocenters. The monoisotopic (exact) mass is 540 g/mol. The third kappa shape index (κ3) is 4.34. The number of pyridine rings is 1. The van der Waals surface area contributed by atoms with Crippen LogP contribution in [0.15, 0.2) is 83.6 Å². The Bertz CT molecular complexity index is 1400. The molecule has 1 saturated heterocycles. The number of carbonyl (C=O) groups is 2. The molecule has 35 heavy (non-hydrogen) atoms. The van der Waals surface area contributed by atoms with E-state index in [-0.39, 0.29) is 12.2 Å². The first kappa shape index (κ1) is 23.9. The number of halogens is 2. The number of carbonyl (C=O) groups excluding carboxylic acids is 2. The number of benzene rings is 2. The molecular weight excluding hydrogens is 523 g/mol. The van der Waals surface area contributed by atoms with Crippen molar-refractivity contribution in [2.24, 2.45) is 0 Å². The van der Waals surface area contributed by atoms with Crippen LogP contribution < -0.4 is 4.74 Å². The van der Waals surface area contributed by atoms with Gasteiger partial charge in [0.25, 0.3) is 0 Å². The van der Waals surface area contributed by atoms with Gasteiger partial charge >= 0.3 is 0 Å². The molecule has 2 aromatic heterocycles. The van der Waals surface area contributed by atoms with Crippen LogP contribution in [0.1, 0.15) is 29.2 Å². The van der Waals surface area contributed by atoms with E-state index in [1.807, 2.05) is 16.8 Å². The summed E-state index contributed by atoms with van der Waals surface area (Å²) in [6, 6.07) is 20.9. The molecule has 3 heterocycles. The van der Waals surface area contributed by atoms with Crippen molar-refractivity contribution in [1.29, 1.82) is 0 Å². The zero-order valence-electron chi connectivity index (χ0n) is 18.1. The zero-order chi connectivity index (χ0) is 24.6. The predicted octanol–water partition coefficient (Wildman–Crippen LogP) is 6.92. The summed E-state index contributed by atoms with van der Waals surface area (Å²) in [5, 5.41) is 4.74. The zero-order valence-corrected chi connectivity index (χ0v) is 21.3. The first-order chi connectivity index (χ1) is 16.9. The number of amides is 1. The van der Waals surface area contributed by atoms with E-state index in [0.717, 1.165) is 5.56 Å². The number of thiophene rings is 1. The average molecular weight is 541 g/mol. The van der Waals surface area contributed by atoms with Gasteiger partial charge in [-0.1, -0.05) is 60.3 Å². The van der Waals surface area contributed by atoms with Gasteiger partial charge in [-0.2, -0.15) is 11.3 Å². The van der Waals surface area contributed by atoms with Crippen LogP contribution in [0.2, 0.25) is 10.0 Å². The van der Waals surface area contributed by atoms with Crippen LogP contribution in [0, 0.1) is 0 Å². The molecule has 1 amide bonds. The topological polar surface area (TPSA) is 59.5 Å². The highest BCUT2D eigenvalue weighted by Gasteiger charge is 2.53. The molecule has 2 aromatic carbocycles. The summed E-state index contributed by atoms with van der Waals surface area (Å²) in [7, 11) is 0. The summed E-state index contributed by atoms with van der Waals surface area (Å²) in [6.07, 6.45) is -0.0216. The number of nitrogens with zero attached hydrogens (tertiary/aromatic N) is 2. The molecule has 5 rings (SSSR count). The van der Waals surface area contributed by atoms with Crippen molar-refractivity contribution in [2.75, 3.05) is 0 Å². The Morgan fingerprint density at radius 3 is 2.49 bits per heavy atom. The second kappa shape index (κ2) is 9.66. The Balaban J connectivity index is 1.58. The lowest BCUT2D eigenvalue weighted by Gasteiger charge is -2.45. The molecule has 9 heteroatoms. The van der Waals surface area contributed by atoms with Gasteiger partial charge in [-0.05, 0) is 64.4 Å². The number of hydrogen-bond acceptors (Lipinski definition) is 6. The largest absolute Gasteiger partial charge is 0.439 e. The third-order valence-corrected chi connectivity index (χ3v) is 7.79. The average Bonchev–Trinajstić information content (AvgIpc) is 3.40. The molecule has 1 aliphatic rings. The molecule has 1 aliphatic heterocycles. The van der Waals surface area contributed by atoms with Gasteiger partial charge in [-0.25, -0.2) is 4.98 Å². The quantitative estimate of drug-likeness (QED) is 0.220. The molecule has 0 aliphatic carbocycles. The Labute approximate surface area is 221 Å². The van der Waals surface area contributed by atoms with Crippen LogP contribution in [0.3, 0.4) is 0 Å². The molecule has 0 N–H and O–H groups in total. The van der Waals surface area contributed by atoms with E-state index in [1.165, 1.54) is 15.6 Å². The van der Waals surface area contributed by atoms with Gasteiger partial charge in [0.2, 0.25) is 11.8 Å². The summed E-state index contributed by atoms with van der Waals surface area (Å²) in [5.74, 6) is -0.892. The fourth-order valence-electron chi connectivity index (χ4n) is 4.29. The van der Waals surface area contributed by atoms with Gasteiger partial charge < -0.3 is 4.74 Å². The number of thiol groups is 1.